The van der Waals surface area contributed by atoms with Crippen LogP contribution in [-0.2, 0) is 9.47 Å². The van der Waals surface area contributed by atoms with E-state index in [9.17, 15) is 4.79 Å². The number of amides is 1. The van der Waals surface area contributed by atoms with Crippen LogP contribution in [0, 0.1) is 0 Å². The van der Waals surface area contributed by atoms with E-state index < -0.39 is 6.09 Å². The molecule has 1 amide bonds. The van der Waals surface area contributed by atoms with Crippen LogP contribution in [0.1, 0.15) is 13.8 Å². The zero-order chi connectivity index (χ0) is 7.98. The van der Waals surface area contributed by atoms with Crippen LogP contribution in [0.5, 0.6) is 0 Å². The second-order valence-electron chi connectivity index (χ2n) is 1.91. The van der Waals surface area contributed by atoms with Crippen LogP contribution in [0.4, 0.5) is 4.79 Å². The molecule has 0 aromatic heterocycles. The van der Waals surface area contributed by atoms with Crippen molar-refractivity contribution in [1.29, 1.82) is 0 Å². The second-order valence-corrected chi connectivity index (χ2v) is 1.91. The first-order chi connectivity index (χ1) is 4.66. The molecule has 0 aliphatic rings. The van der Waals surface area contributed by atoms with Crippen molar-refractivity contribution in [2.45, 2.75) is 20.0 Å². The van der Waals surface area contributed by atoms with Crippen LogP contribution in [0.15, 0.2) is 0 Å². The van der Waals surface area contributed by atoms with Gasteiger partial charge in [-0.25, -0.2) is 4.79 Å². The van der Waals surface area contributed by atoms with Crippen LogP contribution in [0.25, 0.3) is 0 Å². The highest BCUT2D eigenvalue weighted by Gasteiger charge is 2.03. The maximum atomic E-state index is 10.1. The number of carbonyl (C=O) groups excluding carboxylic acids is 1. The topological polar surface area (TPSA) is 61.6 Å². The molecular formula is C6H13NO3. The lowest BCUT2D eigenvalue weighted by atomic mass is 10.4. The molecule has 2 N–H and O–H groups in total. The van der Waals surface area contributed by atoms with Crippen molar-refractivity contribution in [3.05, 3.63) is 0 Å². The van der Waals surface area contributed by atoms with Gasteiger partial charge in [-0.15, -0.1) is 0 Å². The van der Waals surface area contributed by atoms with E-state index in [4.69, 9.17) is 10.5 Å². The van der Waals surface area contributed by atoms with Crippen molar-refractivity contribution in [3.8, 4) is 0 Å². The Morgan fingerprint density at radius 2 is 2.30 bits per heavy atom. The minimum atomic E-state index is -0.757. The van der Waals surface area contributed by atoms with Gasteiger partial charge in [0.1, 0.15) is 6.10 Å². The SMILES string of the molecule is CCOCC(C)OC(N)=O. The first kappa shape index (κ1) is 9.23. The van der Waals surface area contributed by atoms with Gasteiger partial charge in [0.2, 0.25) is 0 Å². The van der Waals surface area contributed by atoms with Crippen molar-refractivity contribution in [3.63, 3.8) is 0 Å². The van der Waals surface area contributed by atoms with Crippen molar-refractivity contribution in [2.24, 2.45) is 5.73 Å². The zero-order valence-corrected chi connectivity index (χ0v) is 6.29. The van der Waals surface area contributed by atoms with Gasteiger partial charge in [-0.3, -0.25) is 0 Å². The van der Waals surface area contributed by atoms with E-state index in [0.29, 0.717) is 13.2 Å². The first-order valence-corrected chi connectivity index (χ1v) is 3.20. The van der Waals surface area contributed by atoms with Crippen molar-refractivity contribution < 1.29 is 14.3 Å². The van der Waals surface area contributed by atoms with Gasteiger partial charge in [0.15, 0.2) is 0 Å². The fourth-order valence-corrected chi connectivity index (χ4v) is 0.516. The number of ether oxygens (including phenoxy) is 2. The summed E-state index contributed by atoms with van der Waals surface area (Å²) in [5.41, 5.74) is 4.75. The molecule has 60 valence electrons. The molecule has 0 radical (unpaired) electrons. The summed E-state index contributed by atoms with van der Waals surface area (Å²) < 4.78 is 9.53. The summed E-state index contributed by atoms with van der Waals surface area (Å²) in [7, 11) is 0. The van der Waals surface area contributed by atoms with E-state index in [1.165, 1.54) is 0 Å². The lowest BCUT2D eigenvalue weighted by Crippen LogP contribution is -2.24. The normalized spacial score (nSPS) is 12.6. The number of rotatable bonds is 4. The van der Waals surface area contributed by atoms with Crippen molar-refractivity contribution in [2.75, 3.05) is 13.2 Å². The van der Waals surface area contributed by atoms with Gasteiger partial charge in [0.25, 0.3) is 0 Å². The molecular weight excluding hydrogens is 134 g/mol. The second kappa shape index (κ2) is 5.05. The Kier molecular flexibility index (Phi) is 4.66. The summed E-state index contributed by atoms with van der Waals surface area (Å²) >= 11 is 0. The number of hydrogen-bond donors (Lipinski definition) is 1. The molecule has 1 atom stereocenters. The highest BCUT2D eigenvalue weighted by molar-refractivity contribution is 5.64. The van der Waals surface area contributed by atoms with E-state index in [1.807, 2.05) is 6.92 Å². The van der Waals surface area contributed by atoms with Crippen LogP contribution in [0.3, 0.4) is 0 Å². The average molecular weight is 147 g/mol. The Morgan fingerprint density at radius 3 is 2.70 bits per heavy atom. The fraction of sp³-hybridized carbons (Fsp3) is 0.833. The summed E-state index contributed by atoms with van der Waals surface area (Å²) in [4.78, 5) is 10.1. The van der Waals surface area contributed by atoms with Gasteiger partial charge in [0, 0.05) is 6.61 Å². The quantitative estimate of drug-likeness (QED) is 0.630. The van der Waals surface area contributed by atoms with Gasteiger partial charge in [-0.1, -0.05) is 0 Å². The predicted molar refractivity (Wildman–Crippen MR) is 36.6 cm³/mol. The molecule has 0 rings (SSSR count). The molecule has 0 saturated heterocycles. The third kappa shape index (κ3) is 5.37. The Bertz CT molecular complexity index is 105. The third-order valence-corrected chi connectivity index (χ3v) is 0.874. The number of hydrogen-bond acceptors (Lipinski definition) is 3. The summed E-state index contributed by atoms with van der Waals surface area (Å²) in [5.74, 6) is 0. The van der Waals surface area contributed by atoms with Crippen LogP contribution in [0.2, 0.25) is 0 Å². The first-order valence-electron chi connectivity index (χ1n) is 3.20. The lowest BCUT2D eigenvalue weighted by Gasteiger charge is -2.09. The molecule has 0 aromatic carbocycles. The lowest BCUT2D eigenvalue weighted by molar-refractivity contribution is 0.0369. The smallest absolute Gasteiger partial charge is 0.404 e. The summed E-state index contributed by atoms with van der Waals surface area (Å²) in [6, 6.07) is 0. The minimum absolute atomic E-state index is 0.252. The predicted octanol–water partition coefficient (Wildman–Crippen LogP) is 0.507. The van der Waals surface area contributed by atoms with Crippen molar-refractivity contribution >= 4 is 6.09 Å². The van der Waals surface area contributed by atoms with E-state index in [2.05, 4.69) is 4.74 Å². The van der Waals surface area contributed by atoms with Crippen LogP contribution in [-0.4, -0.2) is 25.4 Å². The standard InChI is InChI=1S/C6H13NO3/c1-3-9-4-5(2)10-6(7)8/h5H,3-4H2,1-2H3,(H2,7,8). The molecule has 0 saturated carbocycles. The van der Waals surface area contributed by atoms with E-state index in [-0.39, 0.29) is 6.10 Å². The number of primary amides is 1. The summed E-state index contributed by atoms with van der Waals surface area (Å²) in [6.07, 6.45) is -1.01. The maximum absolute atomic E-state index is 10.1. The maximum Gasteiger partial charge on any atom is 0.404 e. The van der Waals surface area contributed by atoms with E-state index in [1.54, 1.807) is 6.92 Å². The van der Waals surface area contributed by atoms with Gasteiger partial charge in [-0.05, 0) is 13.8 Å². The highest BCUT2D eigenvalue weighted by atomic mass is 16.6. The Hall–Kier alpha value is -0.770. The molecule has 4 heteroatoms. The largest absolute Gasteiger partial charge is 0.444 e. The number of carbonyl (C=O) groups is 1. The monoisotopic (exact) mass is 147 g/mol. The Morgan fingerprint density at radius 1 is 1.70 bits per heavy atom. The Balaban J connectivity index is 3.25. The molecule has 0 fully saturated rings. The molecule has 0 heterocycles. The van der Waals surface area contributed by atoms with Crippen molar-refractivity contribution in [1.82, 2.24) is 0 Å². The van der Waals surface area contributed by atoms with Gasteiger partial charge in [0.05, 0.1) is 6.61 Å². The van der Waals surface area contributed by atoms with Gasteiger partial charge in [-0.2, -0.15) is 0 Å². The molecule has 0 aliphatic heterocycles. The van der Waals surface area contributed by atoms with E-state index >= 15 is 0 Å². The van der Waals surface area contributed by atoms with Gasteiger partial charge >= 0.3 is 6.09 Å². The van der Waals surface area contributed by atoms with Crippen LogP contribution >= 0.6 is 0 Å². The summed E-state index contributed by atoms with van der Waals surface area (Å²) in [6.45, 7) is 4.61. The molecule has 1 unspecified atom stereocenters. The minimum Gasteiger partial charge on any atom is -0.444 e. The molecule has 0 spiro atoms. The fourth-order valence-electron chi connectivity index (χ4n) is 0.516. The molecule has 0 aliphatic carbocycles. The molecule has 0 bridgehead atoms. The third-order valence-electron chi connectivity index (χ3n) is 0.874. The molecule has 4 nitrogen and oxygen atoms in total. The zero-order valence-electron chi connectivity index (χ0n) is 6.29. The molecule has 10 heavy (non-hydrogen) atoms. The van der Waals surface area contributed by atoms with Crippen LogP contribution < -0.4 is 5.73 Å². The number of nitrogens with two attached hydrogens (primary N) is 1. The Labute approximate surface area is 60.3 Å². The molecule has 0 aromatic rings. The van der Waals surface area contributed by atoms with E-state index in [0.717, 1.165) is 0 Å². The summed E-state index contributed by atoms with van der Waals surface area (Å²) in [5, 5.41) is 0. The highest BCUT2D eigenvalue weighted by Crippen LogP contribution is 1.90. The van der Waals surface area contributed by atoms with Gasteiger partial charge < -0.3 is 15.2 Å². The average Bonchev–Trinajstić information content (AvgIpc) is 1.82.